The summed E-state index contributed by atoms with van der Waals surface area (Å²) < 4.78 is 29.4. The van der Waals surface area contributed by atoms with Crippen molar-refractivity contribution in [2.24, 2.45) is 23.2 Å². The van der Waals surface area contributed by atoms with Crippen molar-refractivity contribution in [1.29, 1.82) is 0 Å². The van der Waals surface area contributed by atoms with E-state index in [1.165, 1.54) is 18.4 Å². The molecule has 2 heterocycles. The van der Waals surface area contributed by atoms with Crippen LogP contribution in [0, 0.1) is 23.2 Å². The van der Waals surface area contributed by atoms with E-state index in [-0.39, 0.29) is 40.8 Å². The fourth-order valence-corrected chi connectivity index (χ4v) is 8.12. The van der Waals surface area contributed by atoms with Crippen LogP contribution >= 0.6 is 0 Å². The van der Waals surface area contributed by atoms with Crippen LogP contribution in [0.1, 0.15) is 52.4 Å². The predicted octanol–water partition coefficient (Wildman–Crippen LogP) is 2.47. The van der Waals surface area contributed by atoms with Crippen molar-refractivity contribution in [3.05, 3.63) is 12.2 Å². The zero-order chi connectivity index (χ0) is 18.7. The molecule has 0 unspecified atom stereocenters. The van der Waals surface area contributed by atoms with Gasteiger partial charge in [-0.3, -0.25) is 4.79 Å². The van der Waals surface area contributed by atoms with Crippen LogP contribution in [0.4, 0.5) is 0 Å². The number of esters is 1. The molecular formula is C20H31NO4S. The van der Waals surface area contributed by atoms with Gasteiger partial charge in [0.25, 0.3) is 0 Å². The summed E-state index contributed by atoms with van der Waals surface area (Å²) in [6, 6.07) is 0. The SMILES string of the molecule is C=C1CCC[C@@]2(C)C[C@H]3OC(=O)[C@@H](CN[C@]4(C)CCS(=O)(=O)C4)[C@@H]3C[C@H]12. The molecule has 2 aliphatic carbocycles. The molecule has 2 saturated heterocycles. The molecule has 1 N–H and O–H groups in total. The zero-order valence-electron chi connectivity index (χ0n) is 15.9. The van der Waals surface area contributed by atoms with E-state index in [1.807, 2.05) is 6.92 Å². The van der Waals surface area contributed by atoms with E-state index in [9.17, 15) is 13.2 Å². The molecule has 6 heteroatoms. The monoisotopic (exact) mass is 381 g/mol. The molecule has 6 atom stereocenters. The average Bonchev–Trinajstić information content (AvgIpc) is 2.98. The topological polar surface area (TPSA) is 72.5 Å². The Labute approximate surface area is 156 Å². The second-order valence-electron chi connectivity index (χ2n) is 9.69. The minimum absolute atomic E-state index is 0.0153. The standard InChI is InChI=1S/C20H31NO4S/c1-13-5-4-6-19(2)10-17-14(9-16(13)19)15(18(22)25-17)11-21-20(3)7-8-26(23,24)12-20/h14-17,21H,1,4-12H2,2-3H3/t14-,15-,16+,17+,19-,20+/m0/s1. The molecule has 2 aliphatic heterocycles. The molecule has 0 aromatic rings. The van der Waals surface area contributed by atoms with E-state index < -0.39 is 15.4 Å². The summed E-state index contributed by atoms with van der Waals surface area (Å²) in [4.78, 5) is 12.6. The summed E-state index contributed by atoms with van der Waals surface area (Å²) >= 11 is 0. The van der Waals surface area contributed by atoms with Crippen molar-refractivity contribution in [2.45, 2.75) is 64.0 Å². The summed E-state index contributed by atoms with van der Waals surface area (Å²) in [5.74, 6) is 0.830. The van der Waals surface area contributed by atoms with Gasteiger partial charge >= 0.3 is 5.97 Å². The van der Waals surface area contributed by atoms with Crippen LogP contribution in [-0.4, -0.2) is 44.1 Å². The molecule has 26 heavy (non-hydrogen) atoms. The fraction of sp³-hybridized carbons (Fsp3) is 0.850. The Bertz CT molecular complexity index is 732. The molecule has 0 amide bonds. The van der Waals surface area contributed by atoms with Gasteiger partial charge in [-0.2, -0.15) is 0 Å². The van der Waals surface area contributed by atoms with Crippen molar-refractivity contribution in [1.82, 2.24) is 5.32 Å². The number of allylic oxidation sites excluding steroid dienone is 1. The number of hydrogen-bond acceptors (Lipinski definition) is 5. The number of nitrogens with one attached hydrogen (secondary N) is 1. The Morgan fingerprint density at radius 3 is 2.77 bits per heavy atom. The molecule has 0 spiro atoms. The molecule has 4 aliphatic rings. The van der Waals surface area contributed by atoms with Gasteiger partial charge in [0.05, 0.1) is 17.4 Å². The lowest BCUT2D eigenvalue weighted by Gasteiger charge is -2.50. The third-order valence-electron chi connectivity index (χ3n) is 7.57. The van der Waals surface area contributed by atoms with Gasteiger partial charge in [0.2, 0.25) is 0 Å². The third-order valence-corrected chi connectivity index (χ3v) is 9.48. The highest BCUT2D eigenvalue weighted by molar-refractivity contribution is 7.91. The first-order chi connectivity index (χ1) is 12.1. The van der Waals surface area contributed by atoms with Crippen LogP contribution in [-0.2, 0) is 19.4 Å². The Balaban J connectivity index is 1.47. The van der Waals surface area contributed by atoms with Gasteiger partial charge in [0.1, 0.15) is 6.10 Å². The molecule has 4 rings (SSSR count). The minimum Gasteiger partial charge on any atom is -0.462 e. The van der Waals surface area contributed by atoms with Crippen LogP contribution < -0.4 is 5.32 Å². The Kier molecular flexibility index (Phi) is 4.31. The van der Waals surface area contributed by atoms with Crippen LogP contribution in [0.25, 0.3) is 0 Å². The molecule has 0 bridgehead atoms. The van der Waals surface area contributed by atoms with E-state index in [2.05, 4.69) is 18.8 Å². The number of sulfone groups is 1. The normalized spacial score (nSPS) is 47.3. The maximum atomic E-state index is 12.6. The molecule has 2 saturated carbocycles. The van der Waals surface area contributed by atoms with Crippen LogP contribution in [0.15, 0.2) is 12.2 Å². The average molecular weight is 382 g/mol. The molecular weight excluding hydrogens is 350 g/mol. The van der Waals surface area contributed by atoms with Crippen molar-refractivity contribution in [3.8, 4) is 0 Å². The summed E-state index contributed by atoms with van der Waals surface area (Å²) in [6.45, 7) is 9.14. The lowest BCUT2D eigenvalue weighted by atomic mass is 9.55. The Hall–Kier alpha value is -0.880. The molecule has 0 aromatic carbocycles. The van der Waals surface area contributed by atoms with Crippen molar-refractivity contribution in [3.63, 3.8) is 0 Å². The van der Waals surface area contributed by atoms with Gasteiger partial charge < -0.3 is 10.1 Å². The van der Waals surface area contributed by atoms with Crippen LogP contribution in [0.3, 0.4) is 0 Å². The minimum atomic E-state index is -2.96. The highest BCUT2D eigenvalue weighted by Crippen LogP contribution is 2.56. The predicted molar refractivity (Wildman–Crippen MR) is 100 cm³/mol. The number of fused-ring (bicyclic) bond motifs is 2. The van der Waals surface area contributed by atoms with Crippen molar-refractivity contribution < 1.29 is 17.9 Å². The molecule has 146 valence electrons. The molecule has 5 nitrogen and oxygen atoms in total. The smallest absolute Gasteiger partial charge is 0.310 e. The Morgan fingerprint density at radius 1 is 1.31 bits per heavy atom. The summed E-state index contributed by atoms with van der Waals surface area (Å²) in [5, 5.41) is 3.41. The number of rotatable bonds is 3. The van der Waals surface area contributed by atoms with Gasteiger partial charge in [-0.05, 0) is 56.8 Å². The van der Waals surface area contributed by atoms with Crippen LogP contribution in [0.2, 0.25) is 0 Å². The second kappa shape index (κ2) is 6.06. The van der Waals surface area contributed by atoms with Crippen molar-refractivity contribution in [2.75, 3.05) is 18.1 Å². The molecule has 0 radical (unpaired) electrons. The lowest BCUT2D eigenvalue weighted by molar-refractivity contribution is -0.146. The van der Waals surface area contributed by atoms with Gasteiger partial charge in [-0.1, -0.05) is 19.1 Å². The fourth-order valence-electron chi connectivity index (χ4n) is 6.00. The van der Waals surface area contributed by atoms with E-state index in [1.54, 1.807) is 0 Å². The third kappa shape index (κ3) is 3.13. The first-order valence-electron chi connectivity index (χ1n) is 9.95. The number of carbonyl (C=O) groups is 1. The summed E-state index contributed by atoms with van der Waals surface area (Å²) in [6.07, 6.45) is 6.03. The first-order valence-corrected chi connectivity index (χ1v) is 11.8. The van der Waals surface area contributed by atoms with E-state index in [4.69, 9.17) is 4.74 Å². The largest absolute Gasteiger partial charge is 0.462 e. The highest BCUT2D eigenvalue weighted by atomic mass is 32.2. The molecule has 0 aromatic heterocycles. The lowest BCUT2D eigenvalue weighted by Crippen LogP contribution is -2.49. The maximum absolute atomic E-state index is 12.6. The van der Waals surface area contributed by atoms with E-state index in [0.29, 0.717) is 18.9 Å². The van der Waals surface area contributed by atoms with E-state index in [0.717, 1.165) is 19.3 Å². The number of carbonyl (C=O) groups excluding carboxylic acids is 1. The summed E-state index contributed by atoms with van der Waals surface area (Å²) in [5.41, 5.74) is 1.14. The van der Waals surface area contributed by atoms with Gasteiger partial charge in [0.15, 0.2) is 9.84 Å². The quantitative estimate of drug-likeness (QED) is 0.601. The molecule has 4 fully saturated rings. The number of hydrogen-bond donors (Lipinski definition) is 1. The number of ether oxygens (including phenoxy) is 1. The zero-order valence-corrected chi connectivity index (χ0v) is 16.7. The van der Waals surface area contributed by atoms with Gasteiger partial charge in [-0.25, -0.2) is 8.42 Å². The van der Waals surface area contributed by atoms with Gasteiger partial charge in [-0.15, -0.1) is 0 Å². The van der Waals surface area contributed by atoms with Crippen LogP contribution in [0.5, 0.6) is 0 Å². The maximum Gasteiger partial charge on any atom is 0.310 e. The first kappa shape index (κ1) is 18.5. The summed E-state index contributed by atoms with van der Waals surface area (Å²) in [7, 11) is -2.96. The van der Waals surface area contributed by atoms with Crippen molar-refractivity contribution >= 4 is 15.8 Å². The van der Waals surface area contributed by atoms with Gasteiger partial charge in [0, 0.05) is 18.0 Å². The highest BCUT2D eigenvalue weighted by Gasteiger charge is 2.55. The Morgan fingerprint density at radius 2 is 2.08 bits per heavy atom. The van der Waals surface area contributed by atoms with E-state index >= 15 is 0 Å². The second-order valence-corrected chi connectivity index (χ2v) is 11.9.